The van der Waals surface area contributed by atoms with Gasteiger partial charge in [0.1, 0.15) is 10.9 Å². The van der Waals surface area contributed by atoms with Crippen molar-refractivity contribution in [2.24, 2.45) is 0 Å². The van der Waals surface area contributed by atoms with Crippen LogP contribution >= 0.6 is 24.0 Å². The number of carbonyl (C=O) groups is 3. The number of carbonyl (C=O) groups excluding carboxylic acids is 3. The van der Waals surface area contributed by atoms with E-state index in [4.69, 9.17) is 17.0 Å². The summed E-state index contributed by atoms with van der Waals surface area (Å²) < 4.78 is 5.48. The molecule has 2 heterocycles. The number of hydrogen-bond acceptors (Lipinski definition) is 6. The Morgan fingerprint density at radius 2 is 1.76 bits per heavy atom. The second-order valence-corrected chi connectivity index (χ2v) is 9.19. The van der Waals surface area contributed by atoms with Crippen LogP contribution in [0.2, 0.25) is 0 Å². The number of thioether (sulfide) groups is 1. The first-order valence-corrected chi connectivity index (χ1v) is 11.7. The molecule has 0 saturated carbocycles. The summed E-state index contributed by atoms with van der Waals surface area (Å²) >= 11 is 6.53. The second kappa shape index (κ2) is 10.3. The molecule has 0 bridgehead atoms. The number of fused-ring (bicyclic) bond motifs is 1. The number of methoxy groups -OCH3 is 1. The van der Waals surface area contributed by atoms with Crippen LogP contribution in [-0.2, 0) is 25.7 Å². The van der Waals surface area contributed by atoms with Gasteiger partial charge in [-0.05, 0) is 18.1 Å². The predicted octanol–water partition coefficient (Wildman–Crippen LogP) is 2.96. The van der Waals surface area contributed by atoms with E-state index in [1.807, 2.05) is 36.4 Å². The molecular weight excluding hydrogens is 458 g/mol. The molecule has 33 heavy (non-hydrogen) atoms. The van der Waals surface area contributed by atoms with Gasteiger partial charge in [0.15, 0.2) is 0 Å². The van der Waals surface area contributed by atoms with Gasteiger partial charge in [-0.25, -0.2) is 0 Å². The van der Waals surface area contributed by atoms with E-state index >= 15 is 0 Å². The molecule has 170 valence electrons. The summed E-state index contributed by atoms with van der Waals surface area (Å²) in [5.74, 6) is -0.937. The number of hydrogen-bond donors (Lipinski definition) is 1. The van der Waals surface area contributed by atoms with Crippen LogP contribution in [0.4, 0.5) is 5.69 Å². The average molecular weight is 482 g/mol. The summed E-state index contributed by atoms with van der Waals surface area (Å²) in [4.78, 5) is 42.4. The van der Waals surface area contributed by atoms with E-state index in [0.717, 1.165) is 17.3 Å². The number of thiocarbonyl (C=S) groups is 1. The van der Waals surface area contributed by atoms with Crippen LogP contribution < -0.4 is 10.2 Å². The lowest BCUT2D eigenvalue weighted by Gasteiger charge is -2.17. The molecule has 2 aliphatic rings. The van der Waals surface area contributed by atoms with Crippen LogP contribution in [0.15, 0.2) is 59.5 Å². The highest BCUT2D eigenvalue weighted by Crippen LogP contribution is 2.44. The molecule has 9 heteroatoms. The van der Waals surface area contributed by atoms with E-state index in [2.05, 4.69) is 5.32 Å². The van der Waals surface area contributed by atoms with E-state index in [-0.39, 0.29) is 24.3 Å². The highest BCUT2D eigenvalue weighted by molar-refractivity contribution is 8.26. The first-order valence-electron chi connectivity index (χ1n) is 10.5. The van der Waals surface area contributed by atoms with Gasteiger partial charge in [-0.15, -0.1) is 0 Å². The second-order valence-electron chi connectivity index (χ2n) is 7.55. The SMILES string of the molecule is COCCCN1C(=O)/C(=C2\C(=O)N(CC(=O)NCc3ccccc3)c3ccccc32)SC1=S. The summed E-state index contributed by atoms with van der Waals surface area (Å²) in [6, 6.07) is 16.7. The van der Waals surface area contributed by atoms with Gasteiger partial charge in [-0.1, -0.05) is 72.5 Å². The minimum Gasteiger partial charge on any atom is -0.385 e. The number of rotatable bonds is 8. The summed E-state index contributed by atoms with van der Waals surface area (Å²) in [6.45, 7) is 1.17. The van der Waals surface area contributed by atoms with Crippen molar-refractivity contribution in [3.05, 3.63) is 70.6 Å². The summed E-state index contributed by atoms with van der Waals surface area (Å²) in [7, 11) is 1.60. The Kier molecular flexibility index (Phi) is 7.22. The number of nitrogens with zero attached hydrogens (tertiary/aromatic N) is 2. The van der Waals surface area contributed by atoms with E-state index in [9.17, 15) is 14.4 Å². The van der Waals surface area contributed by atoms with Crippen LogP contribution in [0.3, 0.4) is 0 Å². The first-order chi connectivity index (χ1) is 16.0. The van der Waals surface area contributed by atoms with Gasteiger partial charge in [0.05, 0.1) is 16.2 Å². The zero-order chi connectivity index (χ0) is 23.4. The number of ether oxygens (including phenoxy) is 1. The molecule has 1 N–H and O–H groups in total. The zero-order valence-electron chi connectivity index (χ0n) is 18.1. The molecule has 4 rings (SSSR count). The van der Waals surface area contributed by atoms with Crippen molar-refractivity contribution in [2.45, 2.75) is 13.0 Å². The number of nitrogens with one attached hydrogen (secondary N) is 1. The van der Waals surface area contributed by atoms with Crippen molar-refractivity contribution in [3.8, 4) is 0 Å². The largest absolute Gasteiger partial charge is 0.385 e. The lowest BCUT2D eigenvalue weighted by Crippen LogP contribution is -2.38. The Morgan fingerprint density at radius 3 is 2.52 bits per heavy atom. The van der Waals surface area contributed by atoms with Gasteiger partial charge >= 0.3 is 0 Å². The topological polar surface area (TPSA) is 79.0 Å². The number of para-hydroxylation sites is 1. The van der Waals surface area contributed by atoms with Crippen molar-refractivity contribution >= 4 is 57.3 Å². The average Bonchev–Trinajstić information content (AvgIpc) is 3.26. The predicted molar refractivity (Wildman–Crippen MR) is 132 cm³/mol. The Morgan fingerprint density at radius 1 is 1.03 bits per heavy atom. The Balaban J connectivity index is 1.55. The van der Waals surface area contributed by atoms with Crippen LogP contribution in [0.25, 0.3) is 5.57 Å². The molecule has 3 amide bonds. The van der Waals surface area contributed by atoms with Crippen LogP contribution in [0, 0.1) is 0 Å². The molecular formula is C24H23N3O4S2. The standard InChI is InChI=1S/C24H23N3O4S2/c1-31-13-7-12-26-23(30)21(33-24(26)32)20-17-10-5-6-11-18(17)27(22(20)29)15-19(28)25-14-16-8-3-2-4-9-16/h2-6,8-11H,7,12-15H2,1H3,(H,25,28)/b21-20+. The Hall–Kier alpha value is -3.01. The van der Waals surface area contributed by atoms with Crippen molar-refractivity contribution in [2.75, 3.05) is 31.7 Å². The van der Waals surface area contributed by atoms with Gasteiger partial charge < -0.3 is 10.1 Å². The van der Waals surface area contributed by atoms with Crippen molar-refractivity contribution < 1.29 is 19.1 Å². The third-order valence-electron chi connectivity index (χ3n) is 5.36. The lowest BCUT2D eigenvalue weighted by molar-refractivity contribution is -0.122. The fraction of sp³-hybridized carbons (Fsp3) is 0.250. The minimum absolute atomic E-state index is 0.139. The highest BCUT2D eigenvalue weighted by Gasteiger charge is 2.42. The third-order valence-corrected chi connectivity index (χ3v) is 6.81. The van der Waals surface area contributed by atoms with Crippen LogP contribution in [0.1, 0.15) is 17.5 Å². The third kappa shape index (κ3) is 4.85. The molecule has 0 aliphatic carbocycles. The maximum atomic E-state index is 13.4. The van der Waals surface area contributed by atoms with Gasteiger partial charge in [0.2, 0.25) is 5.91 Å². The fourth-order valence-electron chi connectivity index (χ4n) is 3.76. The maximum absolute atomic E-state index is 13.4. The minimum atomic E-state index is -0.372. The Labute approximate surface area is 201 Å². The first kappa shape index (κ1) is 23.2. The molecule has 7 nitrogen and oxygen atoms in total. The molecule has 1 fully saturated rings. The molecule has 0 aromatic heterocycles. The van der Waals surface area contributed by atoms with Crippen LogP contribution in [-0.4, -0.2) is 53.7 Å². The molecule has 0 atom stereocenters. The smallest absolute Gasteiger partial charge is 0.267 e. The molecule has 2 aromatic rings. The van der Waals surface area contributed by atoms with Gasteiger partial charge in [-0.3, -0.25) is 24.2 Å². The molecule has 2 aliphatic heterocycles. The van der Waals surface area contributed by atoms with E-state index in [0.29, 0.717) is 52.2 Å². The van der Waals surface area contributed by atoms with E-state index < -0.39 is 0 Å². The van der Waals surface area contributed by atoms with Crippen LogP contribution in [0.5, 0.6) is 0 Å². The molecule has 0 radical (unpaired) electrons. The maximum Gasteiger partial charge on any atom is 0.267 e. The number of amides is 3. The summed E-state index contributed by atoms with van der Waals surface area (Å²) in [5.41, 5.74) is 2.51. The monoisotopic (exact) mass is 481 g/mol. The fourth-order valence-corrected chi connectivity index (χ4v) is 5.14. The van der Waals surface area contributed by atoms with Gasteiger partial charge in [0.25, 0.3) is 11.8 Å². The zero-order valence-corrected chi connectivity index (χ0v) is 19.7. The lowest BCUT2D eigenvalue weighted by atomic mass is 10.1. The number of benzene rings is 2. The van der Waals surface area contributed by atoms with Crippen molar-refractivity contribution in [3.63, 3.8) is 0 Å². The molecule has 2 aromatic carbocycles. The van der Waals surface area contributed by atoms with Crippen molar-refractivity contribution in [1.82, 2.24) is 10.2 Å². The Bertz CT molecular complexity index is 1130. The van der Waals surface area contributed by atoms with Gasteiger partial charge in [0, 0.05) is 32.4 Å². The van der Waals surface area contributed by atoms with E-state index in [1.54, 1.807) is 25.3 Å². The van der Waals surface area contributed by atoms with Crippen molar-refractivity contribution in [1.29, 1.82) is 0 Å². The van der Waals surface area contributed by atoms with E-state index in [1.165, 1.54) is 9.80 Å². The summed E-state index contributed by atoms with van der Waals surface area (Å²) in [6.07, 6.45) is 0.643. The number of anilines is 1. The highest BCUT2D eigenvalue weighted by atomic mass is 32.2. The normalized spacial score (nSPS) is 17.7. The summed E-state index contributed by atoms with van der Waals surface area (Å²) in [5, 5.41) is 2.85. The van der Waals surface area contributed by atoms with Gasteiger partial charge in [-0.2, -0.15) is 0 Å². The molecule has 0 spiro atoms. The molecule has 1 saturated heterocycles. The quantitative estimate of drug-likeness (QED) is 0.355. The molecule has 0 unspecified atom stereocenters.